The first-order valence-corrected chi connectivity index (χ1v) is 13.2. The standard InChI is InChI=1S/C23H30N4O6S/c1-15(2)32-23(28)26-10-8-17(9-11-26)33-22-20(31-3)21(24-14-25-22)27-12-7-16-13-18(34(4,29)30)5-6-19(16)27/h5-6,13-15,17H,7-12H2,1-4H3. The number of amides is 1. The molecule has 0 N–H and O–H groups in total. The molecule has 4 rings (SSSR count). The van der Waals surface area contributed by atoms with Gasteiger partial charge >= 0.3 is 6.09 Å². The van der Waals surface area contributed by atoms with E-state index in [9.17, 15) is 13.2 Å². The lowest BCUT2D eigenvalue weighted by Gasteiger charge is -2.32. The van der Waals surface area contributed by atoms with Gasteiger partial charge in [-0.3, -0.25) is 0 Å². The molecule has 2 aromatic rings. The number of aromatic nitrogens is 2. The molecule has 0 aliphatic carbocycles. The monoisotopic (exact) mass is 490 g/mol. The molecule has 184 valence electrons. The summed E-state index contributed by atoms with van der Waals surface area (Å²) in [5, 5.41) is 0. The predicted octanol–water partition coefficient (Wildman–Crippen LogP) is 2.97. The first-order chi connectivity index (χ1) is 16.2. The molecular formula is C23H30N4O6S. The number of hydrogen-bond donors (Lipinski definition) is 0. The van der Waals surface area contributed by atoms with E-state index in [0.29, 0.717) is 61.2 Å². The molecule has 34 heavy (non-hydrogen) atoms. The predicted molar refractivity (Wildman–Crippen MR) is 126 cm³/mol. The molecule has 11 heteroatoms. The Bertz CT molecular complexity index is 1160. The largest absolute Gasteiger partial charge is 0.489 e. The minimum Gasteiger partial charge on any atom is -0.489 e. The number of benzene rings is 1. The van der Waals surface area contributed by atoms with Crippen molar-refractivity contribution in [3.8, 4) is 11.6 Å². The lowest BCUT2D eigenvalue weighted by Crippen LogP contribution is -2.42. The summed E-state index contributed by atoms with van der Waals surface area (Å²) in [4.78, 5) is 24.8. The third-order valence-corrected chi connectivity index (χ3v) is 7.01. The third kappa shape index (κ3) is 5.03. The summed E-state index contributed by atoms with van der Waals surface area (Å²) >= 11 is 0. The smallest absolute Gasteiger partial charge is 0.410 e. The second kappa shape index (κ2) is 9.65. The van der Waals surface area contributed by atoms with Crippen molar-refractivity contribution in [1.82, 2.24) is 14.9 Å². The molecule has 0 radical (unpaired) electrons. The summed E-state index contributed by atoms with van der Waals surface area (Å²) in [6.45, 7) is 5.37. The molecule has 1 amide bonds. The van der Waals surface area contributed by atoms with Gasteiger partial charge in [-0.15, -0.1) is 0 Å². The van der Waals surface area contributed by atoms with Gasteiger partial charge in [0.2, 0.25) is 5.75 Å². The van der Waals surface area contributed by atoms with Crippen molar-refractivity contribution in [3.63, 3.8) is 0 Å². The fourth-order valence-electron chi connectivity index (χ4n) is 4.22. The highest BCUT2D eigenvalue weighted by atomic mass is 32.2. The highest BCUT2D eigenvalue weighted by Gasteiger charge is 2.30. The highest BCUT2D eigenvalue weighted by Crippen LogP contribution is 2.42. The van der Waals surface area contributed by atoms with Crippen LogP contribution in [0.1, 0.15) is 32.3 Å². The summed E-state index contributed by atoms with van der Waals surface area (Å²) in [6, 6.07) is 5.12. The topological polar surface area (TPSA) is 111 Å². The molecule has 2 aliphatic rings. The quantitative estimate of drug-likeness (QED) is 0.603. The number of anilines is 2. The van der Waals surface area contributed by atoms with E-state index in [1.807, 2.05) is 18.7 Å². The SMILES string of the molecule is COc1c(OC2CCN(C(=O)OC(C)C)CC2)ncnc1N1CCc2cc(S(C)(=O)=O)ccc21. The minimum atomic E-state index is -3.28. The van der Waals surface area contributed by atoms with Gasteiger partial charge in [0, 0.05) is 44.4 Å². The normalized spacial score (nSPS) is 16.5. The number of hydrogen-bond acceptors (Lipinski definition) is 9. The maximum absolute atomic E-state index is 12.1. The molecular weight excluding hydrogens is 460 g/mol. The van der Waals surface area contributed by atoms with Crippen molar-refractivity contribution in [2.45, 2.75) is 50.2 Å². The van der Waals surface area contributed by atoms with Crippen LogP contribution in [0.15, 0.2) is 29.4 Å². The van der Waals surface area contributed by atoms with E-state index in [-0.39, 0.29) is 18.3 Å². The van der Waals surface area contributed by atoms with E-state index in [1.54, 1.807) is 30.2 Å². The Hall–Kier alpha value is -3.08. The van der Waals surface area contributed by atoms with Crippen molar-refractivity contribution < 1.29 is 27.4 Å². The van der Waals surface area contributed by atoms with Gasteiger partial charge in [-0.2, -0.15) is 4.98 Å². The Morgan fingerprint density at radius 2 is 1.88 bits per heavy atom. The van der Waals surface area contributed by atoms with Crippen molar-refractivity contribution >= 4 is 27.4 Å². The average Bonchev–Trinajstić information content (AvgIpc) is 3.21. The van der Waals surface area contributed by atoms with E-state index in [4.69, 9.17) is 14.2 Å². The summed E-state index contributed by atoms with van der Waals surface area (Å²) in [5.74, 6) is 1.33. The molecule has 2 aliphatic heterocycles. The molecule has 0 spiro atoms. The number of piperidine rings is 1. The van der Waals surface area contributed by atoms with Gasteiger partial charge in [-0.1, -0.05) is 0 Å². The first kappa shape index (κ1) is 24.1. The van der Waals surface area contributed by atoms with Crippen LogP contribution >= 0.6 is 0 Å². The third-order valence-electron chi connectivity index (χ3n) is 5.90. The van der Waals surface area contributed by atoms with Crippen LogP contribution < -0.4 is 14.4 Å². The molecule has 3 heterocycles. The molecule has 1 saturated heterocycles. The van der Waals surface area contributed by atoms with Gasteiger partial charge in [-0.05, 0) is 44.0 Å². The second-order valence-corrected chi connectivity index (χ2v) is 10.8. The van der Waals surface area contributed by atoms with Gasteiger partial charge in [0.15, 0.2) is 15.7 Å². The molecule has 10 nitrogen and oxygen atoms in total. The zero-order chi connectivity index (χ0) is 24.5. The van der Waals surface area contributed by atoms with Crippen LogP contribution in [0.5, 0.6) is 11.6 Å². The number of fused-ring (bicyclic) bond motifs is 1. The van der Waals surface area contributed by atoms with Crippen molar-refractivity contribution in [2.75, 3.05) is 37.9 Å². The number of rotatable bonds is 6. The van der Waals surface area contributed by atoms with Crippen LogP contribution in [0.4, 0.5) is 16.3 Å². The van der Waals surface area contributed by atoms with E-state index in [0.717, 1.165) is 11.3 Å². The lowest BCUT2D eigenvalue weighted by molar-refractivity contribution is 0.0500. The van der Waals surface area contributed by atoms with Gasteiger partial charge < -0.3 is 24.0 Å². The number of nitrogens with zero attached hydrogens (tertiary/aromatic N) is 4. The van der Waals surface area contributed by atoms with E-state index in [1.165, 1.54) is 12.6 Å². The Labute approximate surface area is 199 Å². The molecule has 0 saturated carbocycles. The van der Waals surface area contributed by atoms with Gasteiger partial charge in [0.1, 0.15) is 12.4 Å². The molecule has 1 fully saturated rings. The van der Waals surface area contributed by atoms with E-state index in [2.05, 4.69) is 9.97 Å². The number of likely N-dealkylation sites (tertiary alicyclic amines) is 1. The fraction of sp³-hybridized carbons (Fsp3) is 0.522. The Balaban J connectivity index is 1.50. The Morgan fingerprint density at radius 3 is 2.53 bits per heavy atom. The van der Waals surface area contributed by atoms with Crippen molar-refractivity contribution in [2.24, 2.45) is 0 Å². The highest BCUT2D eigenvalue weighted by molar-refractivity contribution is 7.90. The summed E-state index contributed by atoms with van der Waals surface area (Å²) < 4.78 is 41.0. The fourth-order valence-corrected chi connectivity index (χ4v) is 4.89. The maximum atomic E-state index is 12.1. The second-order valence-electron chi connectivity index (χ2n) is 8.74. The molecule has 0 atom stereocenters. The molecule has 0 unspecified atom stereocenters. The van der Waals surface area contributed by atoms with Crippen molar-refractivity contribution in [1.29, 1.82) is 0 Å². The first-order valence-electron chi connectivity index (χ1n) is 11.3. The number of carbonyl (C=O) groups is 1. The average molecular weight is 491 g/mol. The lowest BCUT2D eigenvalue weighted by atomic mass is 10.1. The van der Waals surface area contributed by atoms with Crippen molar-refractivity contribution in [3.05, 3.63) is 30.1 Å². The minimum absolute atomic E-state index is 0.122. The van der Waals surface area contributed by atoms with E-state index < -0.39 is 9.84 Å². The zero-order valence-corrected chi connectivity index (χ0v) is 20.7. The maximum Gasteiger partial charge on any atom is 0.410 e. The van der Waals surface area contributed by atoms with Crippen LogP contribution in [-0.2, 0) is 21.0 Å². The summed E-state index contributed by atoms with van der Waals surface area (Å²) in [6.07, 6.45) is 4.05. The molecule has 1 aromatic heterocycles. The Morgan fingerprint density at radius 1 is 1.15 bits per heavy atom. The molecule has 1 aromatic carbocycles. The number of methoxy groups -OCH3 is 1. The van der Waals surface area contributed by atoms with Crippen LogP contribution in [0.3, 0.4) is 0 Å². The van der Waals surface area contributed by atoms with Gasteiger partial charge in [-0.25, -0.2) is 18.2 Å². The van der Waals surface area contributed by atoms with Gasteiger partial charge in [0.05, 0.1) is 18.1 Å². The number of ether oxygens (including phenoxy) is 3. The zero-order valence-electron chi connectivity index (χ0n) is 19.9. The van der Waals surface area contributed by atoms with Crippen LogP contribution in [0.2, 0.25) is 0 Å². The van der Waals surface area contributed by atoms with Gasteiger partial charge in [0.25, 0.3) is 5.88 Å². The van der Waals surface area contributed by atoms with Crippen LogP contribution in [-0.4, -0.2) is 74.6 Å². The number of sulfone groups is 1. The van der Waals surface area contributed by atoms with Crippen LogP contribution in [0, 0.1) is 0 Å². The molecule has 0 bridgehead atoms. The van der Waals surface area contributed by atoms with E-state index >= 15 is 0 Å². The Kier molecular flexibility index (Phi) is 6.83. The summed E-state index contributed by atoms with van der Waals surface area (Å²) in [5.41, 5.74) is 1.82. The van der Waals surface area contributed by atoms with Crippen LogP contribution in [0.25, 0.3) is 0 Å². The summed E-state index contributed by atoms with van der Waals surface area (Å²) in [7, 11) is -1.73. The number of carbonyl (C=O) groups excluding carboxylic acids is 1.